The van der Waals surface area contributed by atoms with Crippen LogP contribution in [0.3, 0.4) is 0 Å². The van der Waals surface area contributed by atoms with E-state index in [1.54, 1.807) is 13.2 Å². The molecule has 1 aliphatic rings. The van der Waals surface area contributed by atoms with Crippen LogP contribution in [0.4, 0.5) is 11.4 Å². The first-order valence-corrected chi connectivity index (χ1v) is 9.96. The molecule has 1 aromatic heterocycles. The zero-order valence-electron chi connectivity index (χ0n) is 17.0. The summed E-state index contributed by atoms with van der Waals surface area (Å²) in [6.07, 6.45) is 3.87. The number of anilines is 2. The Bertz CT molecular complexity index is 830. The third-order valence-corrected chi connectivity index (χ3v) is 5.12. The van der Waals surface area contributed by atoms with Gasteiger partial charge in [-0.05, 0) is 55.2 Å². The molecular weight excluding hydrogens is 368 g/mol. The van der Waals surface area contributed by atoms with Crippen LogP contribution in [0.5, 0.6) is 0 Å². The average molecular weight is 396 g/mol. The Morgan fingerprint density at radius 3 is 2.55 bits per heavy atom. The molecule has 0 aliphatic carbocycles. The second-order valence-corrected chi connectivity index (χ2v) is 7.35. The molecule has 29 heavy (non-hydrogen) atoms. The van der Waals surface area contributed by atoms with Crippen molar-refractivity contribution in [2.75, 3.05) is 43.6 Å². The van der Waals surface area contributed by atoms with Gasteiger partial charge < -0.3 is 20.3 Å². The number of nitrogens with one attached hydrogen (secondary N) is 2. The number of piperidine rings is 1. The van der Waals surface area contributed by atoms with Crippen molar-refractivity contribution in [2.24, 2.45) is 5.92 Å². The summed E-state index contributed by atoms with van der Waals surface area (Å²) in [5, 5.41) is 5.57. The SMILES string of the molecule is COCCNC(=O)c1ccnc(C(=O)Nc2ccc(N3CCC(C)CC3)cc2)c1. The van der Waals surface area contributed by atoms with E-state index < -0.39 is 0 Å². The number of benzene rings is 1. The number of methoxy groups -OCH3 is 1. The van der Waals surface area contributed by atoms with Crippen LogP contribution in [0.15, 0.2) is 42.6 Å². The van der Waals surface area contributed by atoms with Crippen LogP contribution in [-0.4, -0.2) is 50.1 Å². The predicted molar refractivity (Wildman–Crippen MR) is 113 cm³/mol. The third-order valence-electron chi connectivity index (χ3n) is 5.12. The maximum absolute atomic E-state index is 12.5. The number of hydrogen-bond acceptors (Lipinski definition) is 5. The highest BCUT2D eigenvalue weighted by Crippen LogP contribution is 2.24. The van der Waals surface area contributed by atoms with E-state index in [0.717, 1.165) is 19.0 Å². The van der Waals surface area contributed by atoms with E-state index in [4.69, 9.17) is 4.74 Å². The number of carbonyl (C=O) groups excluding carboxylic acids is 2. The molecule has 1 aliphatic heterocycles. The number of ether oxygens (including phenoxy) is 1. The van der Waals surface area contributed by atoms with Crippen LogP contribution in [0.25, 0.3) is 0 Å². The van der Waals surface area contributed by atoms with Crippen molar-refractivity contribution >= 4 is 23.2 Å². The van der Waals surface area contributed by atoms with Gasteiger partial charge in [0.25, 0.3) is 11.8 Å². The number of pyridine rings is 1. The molecule has 2 heterocycles. The quantitative estimate of drug-likeness (QED) is 0.703. The monoisotopic (exact) mass is 396 g/mol. The minimum absolute atomic E-state index is 0.193. The first-order chi connectivity index (χ1) is 14.1. The van der Waals surface area contributed by atoms with E-state index in [1.807, 2.05) is 24.3 Å². The van der Waals surface area contributed by atoms with Crippen molar-refractivity contribution in [1.29, 1.82) is 0 Å². The van der Waals surface area contributed by atoms with E-state index in [1.165, 1.54) is 30.8 Å². The molecule has 7 nitrogen and oxygen atoms in total. The average Bonchev–Trinajstić information content (AvgIpc) is 2.75. The Morgan fingerprint density at radius 2 is 1.86 bits per heavy atom. The number of carbonyl (C=O) groups is 2. The number of amides is 2. The van der Waals surface area contributed by atoms with Gasteiger partial charge in [0.05, 0.1) is 6.61 Å². The van der Waals surface area contributed by atoms with Gasteiger partial charge in [0.15, 0.2) is 0 Å². The molecular formula is C22H28N4O3. The number of hydrogen-bond donors (Lipinski definition) is 2. The molecule has 3 rings (SSSR count). The number of rotatable bonds is 7. The summed E-state index contributed by atoms with van der Waals surface area (Å²) in [6, 6.07) is 10.9. The van der Waals surface area contributed by atoms with Gasteiger partial charge in [0, 0.05) is 49.9 Å². The molecule has 2 aromatic rings. The molecule has 0 bridgehead atoms. The lowest BCUT2D eigenvalue weighted by atomic mass is 9.99. The van der Waals surface area contributed by atoms with Gasteiger partial charge in [-0.2, -0.15) is 0 Å². The highest BCUT2D eigenvalue weighted by atomic mass is 16.5. The smallest absolute Gasteiger partial charge is 0.274 e. The summed E-state index contributed by atoms with van der Waals surface area (Å²) < 4.78 is 4.91. The Kier molecular flexibility index (Phi) is 7.19. The second kappa shape index (κ2) is 10.0. The zero-order valence-corrected chi connectivity index (χ0v) is 17.0. The van der Waals surface area contributed by atoms with Gasteiger partial charge >= 0.3 is 0 Å². The van der Waals surface area contributed by atoms with E-state index in [2.05, 4.69) is 27.4 Å². The minimum atomic E-state index is -0.351. The van der Waals surface area contributed by atoms with E-state index in [0.29, 0.717) is 24.4 Å². The Hall–Kier alpha value is -2.93. The molecule has 1 aromatic carbocycles. The number of nitrogens with zero attached hydrogens (tertiary/aromatic N) is 2. The van der Waals surface area contributed by atoms with Crippen molar-refractivity contribution in [3.05, 3.63) is 53.9 Å². The van der Waals surface area contributed by atoms with Gasteiger partial charge in [-0.3, -0.25) is 14.6 Å². The van der Waals surface area contributed by atoms with Crippen LogP contribution in [0.1, 0.15) is 40.6 Å². The summed E-state index contributed by atoms with van der Waals surface area (Å²) >= 11 is 0. The largest absolute Gasteiger partial charge is 0.383 e. The van der Waals surface area contributed by atoms with Gasteiger partial charge in [-0.1, -0.05) is 6.92 Å². The first kappa shape index (κ1) is 20.8. The second-order valence-electron chi connectivity index (χ2n) is 7.35. The molecule has 0 spiro atoms. The van der Waals surface area contributed by atoms with E-state index in [-0.39, 0.29) is 17.5 Å². The Balaban J connectivity index is 1.60. The summed E-state index contributed by atoms with van der Waals surface area (Å²) in [6.45, 7) is 5.26. The highest BCUT2D eigenvalue weighted by Gasteiger charge is 2.16. The standard InChI is InChI=1S/C22H28N4O3/c1-16-8-12-26(13-9-16)19-5-3-18(4-6-19)25-22(28)20-15-17(7-10-23-20)21(27)24-11-14-29-2/h3-7,10,15-16H,8-9,11-14H2,1-2H3,(H,24,27)(H,25,28). The molecule has 1 fully saturated rings. The van der Waals surface area contributed by atoms with Gasteiger partial charge in [0.1, 0.15) is 5.69 Å². The first-order valence-electron chi connectivity index (χ1n) is 9.96. The fourth-order valence-electron chi connectivity index (χ4n) is 3.28. The summed E-state index contributed by atoms with van der Waals surface area (Å²) in [5.41, 5.74) is 2.44. The van der Waals surface area contributed by atoms with Crippen molar-refractivity contribution in [3.8, 4) is 0 Å². The predicted octanol–water partition coefficient (Wildman–Crippen LogP) is 2.95. The van der Waals surface area contributed by atoms with Crippen molar-refractivity contribution in [1.82, 2.24) is 10.3 Å². The van der Waals surface area contributed by atoms with Crippen LogP contribution in [0.2, 0.25) is 0 Å². The molecule has 0 unspecified atom stereocenters. The van der Waals surface area contributed by atoms with Crippen molar-refractivity contribution in [3.63, 3.8) is 0 Å². The molecule has 0 saturated carbocycles. The molecule has 154 valence electrons. The third kappa shape index (κ3) is 5.77. The van der Waals surface area contributed by atoms with Gasteiger partial charge in [0.2, 0.25) is 0 Å². The maximum Gasteiger partial charge on any atom is 0.274 e. The van der Waals surface area contributed by atoms with Gasteiger partial charge in [-0.25, -0.2) is 0 Å². The van der Waals surface area contributed by atoms with Crippen molar-refractivity contribution in [2.45, 2.75) is 19.8 Å². The Morgan fingerprint density at radius 1 is 1.14 bits per heavy atom. The minimum Gasteiger partial charge on any atom is -0.383 e. The topological polar surface area (TPSA) is 83.6 Å². The lowest BCUT2D eigenvalue weighted by Gasteiger charge is -2.32. The molecule has 0 atom stereocenters. The fraction of sp³-hybridized carbons (Fsp3) is 0.409. The lowest BCUT2D eigenvalue weighted by Crippen LogP contribution is -2.32. The van der Waals surface area contributed by atoms with Crippen LogP contribution in [-0.2, 0) is 4.74 Å². The summed E-state index contributed by atoms with van der Waals surface area (Å²) in [4.78, 5) is 31.1. The van der Waals surface area contributed by atoms with Crippen molar-refractivity contribution < 1.29 is 14.3 Å². The molecule has 2 amide bonds. The zero-order chi connectivity index (χ0) is 20.6. The molecule has 7 heteroatoms. The lowest BCUT2D eigenvalue weighted by molar-refractivity contribution is 0.0937. The van der Waals surface area contributed by atoms with Crippen LogP contribution >= 0.6 is 0 Å². The van der Waals surface area contributed by atoms with E-state index in [9.17, 15) is 9.59 Å². The Labute approximate surface area is 171 Å². The van der Waals surface area contributed by atoms with Crippen LogP contribution in [0, 0.1) is 5.92 Å². The number of aromatic nitrogens is 1. The maximum atomic E-state index is 12.5. The fourth-order valence-corrected chi connectivity index (χ4v) is 3.28. The molecule has 2 N–H and O–H groups in total. The molecule has 0 radical (unpaired) electrons. The van der Waals surface area contributed by atoms with E-state index >= 15 is 0 Å². The molecule has 1 saturated heterocycles. The van der Waals surface area contributed by atoms with Crippen LogP contribution < -0.4 is 15.5 Å². The van der Waals surface area contributed by atoms with Gasteiger partial charge in [-0.15, -0.1) is 0 Å². The summed E-state index contributed by atoms with van der Waals surface area (Å²) in [7, 11) is 1.57. The highest BCUT2D eigenvalue weighted by molar-refractivity contribution is 6.04. The normalized spacial score (nSPS) is 14.5. The summed E-state index contributed by atoms with van der Waals surface area (Å²) in [5.74, 6) is 0.171.